The van der Waals surface area contributed by atoms with Crippen molar-refractivity contribution in [2.24, 2.45) is 0 Å². The first-order chi connectivity index (χ1) is 11.5. The molecule has 1 amide bonds. The summed E-state index contributed by atoms with van der Waals surface area (Å²) in [5.41, 5.74) is 0.673. The molecule has 126 valence electrons. The molecule has 0 saturated carbocycles. The average molecular weight is 349 g/mol. The second-order valence-corrected chi connectivity index (χ2v) is 6.16. The van der Waals surface area contributed by atoms with Gasteiger partial charge in [-0.1, -0.05) is 17.7 Å². The predicted octanol–water partition coefficient (Wildman–Crippen LogP) is 3.11. The zero-order chi connectivity index (χ0) is 17.1. The number of amides is 1. The maximum absolute atomic E-state index is 13.8. The van der Waals surface area contributed by atoms with Crippen LogP contribution < -0.4 is 10.2 Å². The van der Waals surface area contributed by atoms with Crippen LogP contribution in [0, 0.1) is 12.7 Å². The summed E-state index contributed by atoms with van der Waals surface area (Å²) in [6.45, 7) is 3.96. The molecule has 24 heavy (non-hydrogen) atoms. The van der Waals surface area contributed by atoms with Crippen LogP contribution in [0.2, 0.25) is 5.02 Å². The lowest BCUT2D eigenvalue weighted by Crippen LogP contribution is -2.26. The van der Waals surface area contributed by atoms with E-state index in [0.717, 1.165) is 37.4 Å². The second-order valence-electron chi connectivity index (χ2n) is 5.76. The van der Waals surface area contributed by atoms with E-state index in [1.165, 1.54) is 18.2 Å². The number of hydrogen-bond donors (Lipinski definition) is 1. The van der Waals surface area contributed by atoms with Crippen molar-refractivity contribution < 1.29 is 9.18 Å². The van der Waals surface area contributed by atoms with Crippen LogP contribution in [0.25, 0.3) is 0 Å². The number of rotatable bonds is 4. The van der Waals surface area contributed by atoms with Crippen molar-refractivity contribution in [1.29, 1.82) is 0 Å². The largest absolute Gasteiger partial charge is 0.357 e. The van der Waals surface area contributed by atoms with Gasteiger partial charge >= 0.3 is 0 Å². The minimum atomic E-state index is -0.650. The number of carbonyl (C=O) groups is 1. The first-order valence-electron chi connectivity index (χ1n) is 7.86. The number of aromatic nitrogens is 2. The van der Waals surface area contributed by atoms with Crippen molar-refractivity contribution in [3.05, 3.63) is 52.2 Å². The molecule has 0 aliphatic carbocycles. The lowest BCUT2D eigenvalue weighted by molar-refractivity contribution is 0.0946. The Morgan fingerprint density at radius 3 is 2.79 bits per heavy atom. The van der Waals surface area contributed by atoms with Gasteiger partial charge in [0, 0.05) is 24.8 Å². The van der Waals surface area contributed by atoms with Gasteiger partial charge in [0.1, 0.15) is 17.5 Å². The normalized spacial score (nSPS) is 14.0. The molecule has 0 atom stereocenters. The van der Waals surface area contributed by atoms with Crippen LogP contribution >= 0.6 is 11.6 Å². The Morgan fingerprint density at radius 2 is 2.08 bits per heavy atom. The number of carbonyl (C=O) groups excluding carboxylic acids is 1. The Labute approximate surface area is 144 Å². The molecule has 1 aliphatic rings. The van der Waals surface area contributed by atoms with E-state index < -0.39 is 11.7 Å². The molecule has 0 unspecified atom stereocenters. The maximum atomic E-state index is 13.8. The molecule has 2 heterocycles. The van der Waals surface area contributed by atoms with Crippen LogP contribution in [-0.4, -0.2) is 29.0 Å². The zero-order valence-corrected chi connectivity index (χ0v) is 14.1. The van der Waals surface area contributed by atoms with Gasteiger partial charge in [-0.15, -0.1) is 0 Å². The predicted molar refractivity (Wildman–Crippen MR) is 90.8 cm³/mol. The molecule has 1 fully saturated rings. The van der Waals surface area contributed by atoms with Gasteiger partial charge in [0.2, 0.25) is 0 Å². The van der Waals surface area contributed by atoms with Gasteiger partial charge in [-0.25, -0.2) is 14.4 Å². The number of anilines is 1. The van der Waals surface area contributed by atoms with Crippen molar-refractivity contribution in [3.8, 4) is 0 Å². The number of nitrogens with zero attached hydrogens (tertiary/aromatic N) is 3. The summed E-state index contributed by atoms with van der Waals surface area (Å²) < 4.78 is 13.8. The molecular weight excluding hydrogens is 331 g/mol. The summed E-state index contributed by atoms with van der Waals surface area (Å²) in [6.07, 6.45) is 2.31. The molecule has 3 rings (SSSR count). The van der Waals surface area contributed by atoms with Crippen molar-refractivity contribution >= 4 is 23.3 Å². The molecule has 1 aromatic heterocycles. The highest BCUT2D eigenvalue weighted by atomic mass is 35.5. The molecule has 2 aromatic rings. The van der Waals surface area contributed by atoms with Gasteiger partial charge in [-0.05, 0) is 31.9 Å². The van der Waals surface area contributed by atoms with Crippen molar-refractivity contribution in [2.75, 3.05) is 18.0 Å². The molecule has 0 bridgehead atoms. The van der Waals surface area contributed by atoms with Crippen molar-refractivity contribution in [3.63, 3.8) is 0 Å². The lowest BCUT2D eigenvalue weighted by Gasteiger charge is -2.17. The Hall–Kier alpha value is -2.21. The quantitative estimate of drug-likeness (QED) is 0.922. The lowest BCUT2D eigenvalue weighted by atomic mass is 10.2. The Kier molecular flexibility index (Phi) is 4.94. The highest BCUT2D eigenvalue weighted by Gasteiger charge is 2.17. The molecule has 5 nitrogen and oxygen atoms in total. The van der Waals surface area contributed by atoms with Crippen LogP contribution in [0.4, 0.5) is 10.2 Å². The van der Waals surface area contributed by atoms with Gasteiger partial charge < -0.3 is 10.2 Å². The van der Waals surface area contributed by atoms with Crippen molar-refractivity contribution in [1.82, 2.24) is 15.3 Å². The third-order valence-corrected chi connectivity index (χ3v) is 4.23. The van der Waals surface area contributed by atoms with Crippen LogP contribution in [0.1, 0.15) is 34.7 Å². The minimum Gasteiger partial charge on any atom is -0.357 e. The van der Waals surface area contributed by atoms with E-state index in [0.29, 0.717) is 5.82 Å². The smallest absolute Gasteiger partial charge is 0.256 e. The third kappa shape index (κ3) is 3.64. The van der Waals surface area contributed by atoms with Gasteiger partial charge in [-0.3, -0.25) is 4.79 Å². The number of aryl methyl sites for hydroxylation is 1. The van der Waals surface area contributed by atoms with Crippen molar-refractivity contribution in [2.45, 2.75) is 26.3 Å². The summed E-state index contributed by atoms with van der Waals surface area (Å²) in [5.74, 6) is 0.139. The molecule has 1 N–H and O–H groups in total. The summed E-state index contributed by atoms with van der Waals surface area (Å²) in [7, 11) is 0. The van der Waals surface area contributed by atoms with Crippen LogP contribution in [0.5, 0.6) is 0 Å². The van der Waals surface area contributed by atoms with E-state index in [1.807, 2.05) is 13.0 Å². The summed E-state index contributed by atoms with van der Waals surface area (Å²) >= 11 is 5.90. The molecule has 1 aliphatic heterocycles. The van der Waals surface area contributed by atoms with E-state index in [2.05, 4.69) is 20.2 Å². The van der Waals surface area contributed by atoms with E-state index >= 15 is 0 Å². The second kappa shape index (κ2) is 7.13. The molecule has 1 aromatic carbocycles. The SMILES string of the molecule is Cc1cc(N2CCCC2)nc(CNC(=O)c2c(F)cccc2Cl)n1. The Morgan fingerprint density at radius 1 is 1.33 bits per heavy atom. The summed E-state index contributed by atoms with van der Waals surface area (Å²) in [4.78, 5) is 23.2. The van der Waals surface area contributed by atoms with E-state index in [4.69, 9.17) is 11.6 Å². The van der Waals surface area contributed by atoms with E-state index in [9.17, 15) is 9.18 Å². The van der Waals surface area contributed by atoms with Gasteiger partial charge in [0.25, 0.3) is 5.91 Å². The number of hydrogen-bond acceptors (Lipinski definition) is 4. The summed E-state index contributed by atoms with van der Waals surface area (Å²) in [5, 5.41) is 2.71. The monoisotopic (exact) mass is 348 g/mol. The van der Waals surface area contributed by atoms with Gasteiger partial charge in [0.05, 0.1) is 17.1 Å². The molecule has 7 heteroatoms. The first kappa shape index (κ1) is 16.6. The Bertz CT molecular complexity index is 742. The molecule has 0 spiro atoms. The van der Waals surface area contributed by atoms with Crippen LogP contribution in [0.15, 0.2) is 24.3 Å². The standard InChI is InChI=1S/C17H18ClFN4O/c1-11-9-15(23-7-2-3-8-23)22-14(21-11)10-20-17(24)16-12(18)5-4-6-13(16)19/h4-6,9H,2-3,7-8,10H2,1H3,(H,20,24). The highest BCUT2D eigenvalue weighted by Crippen LogP contribution is 2.20. The Balaban J connectivity index is 1.73. The highest BCUT2D eigenvalue weighted by molar-refractivity contribution is 6.33. The first-order valence-corrected chi connectivity index (χ1v) is 8.24. The zero-order valence-electron chi connectivity index (χ0n) is 13.4. The average Bonchev–Trinajstić information content (AvgIpc) is 3.07. The fraction of sp³-hybridized carbons (Fsp3) is 0.353. The minimum absolute atomic E-state index is 0.0791. The van der Waals surface area contributed by atoms with Crippen LogP contribution in [0.3, 0.4) is 0 Å². The van der Waals surface area contributed by atoms with E-state index in [-0.39, 0.29) is 17.1 Å². The molecule has 1 saturated heterocycles. The summed E-state index contributed by atoms with van der Waals surface area (Å²) in [6, 6.07) is 6.08. The fourth-order valence-electron chi connectivity index (χ4n) is 2.76. The van der Waals surface area contributed by atoms with Gasteiger partial charge in [0.15, 0.2) is 0 Å². The number of nitrogens with one attached hydrogen (secondary N) is 1. The molecular formula is C17H18ClFN4O. The molecule has 0 radical (unpaired) electrons. The number of benzene rings is 1. The van der Waals surface area contributed by atoms with Crippen LogP contribution in [-0.2, 0) is 6.54 Å². The third-order valence-electron chi connectivity index (χ3n) is 3.91. The number of halogens is 2. The maximum Gasteiger partial charge on any atom is 0.256 e. The van der Waals surface area contributed by atoms with E-state index in [1.54, 1.807) is 0 Å². The topological polar surface area (TPSA) is 58.1 Å². The fourth-order valence-corrected chi connectivity index (χ4v) is 3.01. The van der Waals surface area contributed by atoms with Gasteiger partial charge in [-0.2, -0.15) is 0 Å².